The summed E-state index contributed by atoms with van der Waals surface area (Å²) in [5.74, 6) is 1.06. The van der Waals surface area contributed by atoms with E-state index < -0.39 is 5.91 Å². The maximum atomic E-state index is 12.4. The number of aromatic hydroxyl groups is 1. The Labute approximate surface area is 222 Å². The first-order valence-electron chi connectivity index (χ1n) is 11.2. The van der Waals surface area contributed by atoms with Crippen molar-refractivity contribution >= 4 is 57.7 Å². The number of halogens is 1. The molecule has 0 bridgehead atoms. The third-order valence-electron chi connectivity index (χ3n) is 5.47. The molecule has 7 nitrogen and oxygen atoms in total. The molecule has 1 amide bonds. The Kier molecular flexibility index (Phi) is 6.76. The highest BCUT2D eigenvalue weighted by atomic mass is 35.5. The molecule has 5 aromatic rings. The number of benzene rings is 3. The van der Waals surface area contributed by atoms with Crippen molar-refractivity contribution in [3.8, 4) is 28.5 Å². The van der Waals surface area contributed by atoms with E-state index in [-0.39, 0.29) is 16.8 Å². The van der Waals surface area contributed by atoms with E-state index in [9.17, 15) is 9.90 Å². The number of nitrogens with one attached hydrogen (secondary N) is 2. The minimum Gasteiger partial charge on any atom is -0.507 e. The summed E-state index contributed by atoms with van der Waals surface area (Å²) < 4.78 is 11.6. The molecule has 0 radical (unpaired) electrons. The lowest BCUT2D eigenvalue weighted by molar-refractivity contribution is -0.115. The van der Waals surface area contributed by atoms with Crippen molar-refractivity contribution in [1.29, 1.82) is 0 Å². The summed E-state index contributed by atoms with van der Waals surface area (Å²) in [6.45, 7) is 1.75. The molecule has 184 valence electrons. The summed E-state index contributed by atoms with van der Waals surface area (Å²) >= 11 is 11.2. The first-order valence-corrected chi connectivity index (χ1v) is 12.0. The molecule has 37 heavy (non-hydrogen) atoms. The zero-order valence-corrected chi connectivity index (χ0v) is 21.1. The molecule has 0 aliphatic rings. The van der Waals surface area contributed by atoms with Gasteiger partial charge in [0.15, 0.2) is 10.7 Å². The van der Waals surface area contributed by atoms with Crippen molar-refractivity contribution in [3.63, 3.8) is 0 Å². The molecular weight excluding hydrogens is 510 g/mol. The van der Waals surface area contributed by atoms with Gasteiger partial charge in [0.2, 0.25) is 11.8 Å². The number of carbonyl (C=O) groups is 1. The molecule has 0 saturated heterocycles. The molecule has 3 N–H and O–H groups in total. The number of anilines is 1. The quantitative estimate of drug-likeness (QED) is 0.129. The highest BCUT2D eigenvalue weighted by molar-refractivity contribution is 7.80. The Bertz CT molecular complexity index is 1620. The summed E-state index contributed by atoms with van der Waals surface area (Å²) in [6.07, 6.45) is 2.87. The number of phenolic OH excluding ortho intramolecular Hbond substituents is 1. The fourth-order valence-corrected chi connectivity index (χ4v) is 4.03. The minimum absolute atomic E-state index is 0.0476. The third-order valence-corrected chi connectivity index (χ3v) is 5.93. The lowest BCUT2D eigenvalue weighted by Gasteiger charge is -2.12. The van der Waals surface area contributed by atoms with Crippen LogP contribution >= 0.6 is 23.8 Å². The molecular formula is C28H20ClN3O4S. The number of phenols is 1. The van der Waals surface area contributed by atoms with E-state index in [1.54, 1.807) is 49.4 Å². The number of amides is 1. The standard InChI is InChI=1S/C28H20ClN3O4S/c1-16-14-19(15-21(26(16)34)27-31-22-4-2-3-5-24(22)36-27)30-28(37)32-25(33)13-11-20-10-12-23(35-20)17-6-8-18(29)9-7-17/h2-15,34H,1H3,(H2,30,32,33,37). The second-order valence-electron chi connectivity index (χ2n) is 8.16. The summed E-state index contributed by atoms with van der Waals surface area (Å²) in [4.78, 5) is 16.8. The van der Waals surface area contributed by atoms with Gasteiger partial charge in [-0.25, -0.2) is 4.98 Å². The van der Waals surface area contributed by atoms with Gasteiger partial charge in [-0.15, -0.1) is 0 Å². The monoisotopic (exact) mass is 529 g/mol. The largest absolute Gasteiger partial charge is 0.507 e. The summed E-state index contributed by atoms with van der Waals surface area (Å²) in [6, 6.07) is 21.5. The highest BCUT2D eigenvalue weighted by Crippen LogP contribution is 2.36. The van der Waals surface area contributed by atoms with Gasteiger partial charge in [0.05, 0.1) is 5.56 Å². The van der Waals surface area contributed by atoms with Crippen LogP contribution in [0.3, 0.4) is 0 Å². The van der Waals surface area contributed by atoms with Crippen molar-refractivity contribution in [2.45, 2.75) is 6.92 Å². The SMILES string of the molecule is Cc1cc(NC(=S)NC(=O)C=Cc2ccc(-c3ccc(Cl)cc3)o2)cc(-c2nc3ccccc3o2)c1O. The van der Waals surface area contributed by atoms with Gasteiger partial charge in [-0.2, -0.15) is 0 Å². The van der Waals surface area contributed by atoms with E-state index >= 15 is 0 Å². The topological polar surface area (TPSA) is 101 Å². The number of carbonyl (C=O) groups excluding carboxylic acids is 1. The van der Waals surface area contributed by atoms with E-state index in [0.29, 0.717) is 44.5 Å². The van der Waals surface area contributed by atoms with Gasteiger partial charge in [0.1, 0.15) is 22.8 Å². The zero-order valence-electron chi connectivity index (χ0n) is 19.5. The van der Waals surface area contributed by atoms with Crippen molar-refractivity contribution in [3.05, 3.63) is 95.2 Å². The molecule has 0 spiro atoms. The van der Waals surface area contributed by atoms with E-state index in [0.717, 1.165) is 5.56 Å². The Hall–Kier alpha value is -4.40. The second kappa shape index (κ2) is 10.3. The number of aromatic nitrogens is 1. The number of hydrogen-bond donors (Lipinski definition) is 3. The Morgan fingerprint density at radius 3 is 2.62 bits per heavy atom. The van der Waals surface area contributed by atoms with Crippen LogP contribution in [0.15, 0.2) is 87.7 Å². The first kappa shape index (κ1) is 24.3. The van der Waals surface area contributed by atoms with Crippen LogP contribution in [0.25, 0.3) is 40.0 Å². The first-order chi connectivity index (χ1) is 17.9. The summed E-state index contributed by atoms with van der Waals surface area (Å²) in [5, 5.41) is 16.9. The Balaban J connectivity index is 1.25. The molecule has 0 unspecified atom stereocenters. The number of furan rings is 1. The number of fused-ring (bicyclic) bond motifs is 1. The van der Waals surface area contributed by atoms with E-state index in [1.807, 2.05) is 36.4 Å². The number of rotatable bonds is 5. The van der Waals surface area contributed by atoms with Gasteiger partial charge in [0.25, 0.3) is 0 Å². The molecule has 9 heteroatoms. The van der Waals surface area contributed by atoms with Crippen molar-refractivity contribution < 1.29 is 18.7 Å². The summed E-state index contributed by atoms with van der Waals surface area (Å²) in [5.41, 5.74) is 3.71. The number of nitrogens with zero attached hydrogens (tertiary/aromatic N) is 1. The van der Waals surface area contributed by atoms with Crippen LogP contribution in [0.4, 0.5) is 5.69 Å². The van der Waals surface area contributed by atoms with Crippen LogP contribution in [-0.2, 0) is 4.79 Å². The molecule has 5 rings (SSSR count). The molecule has 2 aromatic heterocycles. The van der Waals surface area contributed by atoms with Crippen molar-refractivity contribution in [2.75, 3.05) is 5.32 Å². The fourth-order valence-electron chi connectivity index (χ4n) is 3.69. The normalized spacial score (nSPS) is 11.2. The molecule has 2 heterocycles. The Morgan fingerprint density at radius 1 is 1.05 bits per heavy atom. The van der Waals surface area contributed by atoms with Gasteiger partial charge in [0, 0.05) is 22.3 Å². The number of thiocarbonyl (C=S) groups is 1. The average Bonchev–Trinajstić information content (AvgIpc) is 3.52. The predicted molar refractivity (Wildman–Crippen MR) is 148 cm³/mol. The molecule has 0 aliphatic heterocycles. The maximum absolute atomic E-state index is 12.4. The molecule has 0 atom stereocenters. The summed E-state index contributed by atoms with van der Waals surface area (Å²) in [7, 11) is 0. The van der Waals surface area contributed by atoms with Crippen molar-refractivity contribution in [2.24, 2.45) is 0 Å². The second-order valence-corrected chi connectivity index (χ2v) is 9.01. The lowest BCUT2D eigenvalue weighted by Crippen LogP contribution is -2.32. The number of hydrogen-bond acceptors (Lipinski definition) is 6. The van der Waals surface area contributed by atoms with Gasteiger partial charge < -0.3 is 19.3 Å². The van der Waals surface area contributed by atoms with Crippen LogP contribution in [-0.4, -0.2) is 21.1 Å². The van der Waals surface area contributed by atoms with Crippen LogP contribution in [0, 0.1) is 6.92 Å². The maximum Gasteiger partial charge on any atom is 0.250 e. The smallest absolute Gasteiger partial charge is 0.250 e. The van der Waals surface area contributed by atoms with Crippen LogP contribution in [0.2, 0.25) is 5.02 Å². The average molecular weight is 530 g/mol. The van der Waals surface area contributed by atoms with Crippen LogP contribution in [0.1, 0.15) is 11.3 Å². The van der Waals surface area contributed by atoms with E-state index in [1.165, 1.54) is 6.08 Å². The molecule has 0 aliphatic carbocycles. The lowest BCUT2D eigenvalue weighted by atomic mass is 10.1. The van der Waals surface area contributed by atoms with Crippen LogP contribution < -0.4 is 10.6 Å². The number of aryl methyl sites for hydroxylation is 1. The van der Waals surface area contributed by atoms with E-state index in [2.05, 4.69) is 15.6 Å². The Morgan fingerprint density at radius 2 is 1.84 bits per heavy atom. The third kappa shape index (κ3) is 5.55. The predicted octanol–water partition coefficient (Wildman–Crippen LogP) is 6.95. The number of oxazole rings is 1. The molecule has 0 fully saturated rings. The zero-order chi connectivity index (χ0) is 25.9. The van der Waals surface area contributed by atoms with Gasteiger partial charge >= 0.3 is 0 Å². The molecule has 0 saturated carbocycles. The van der Waals surface area contributed by atoms with Gasteiger partial charge in [-0.3, -0.25) is 10.1 Å². The molecule has 3 aromatic carbocycles. The highest BCUT2D eigenvalue weighted by Gasteiger charge is 2.16. The van der Waals surface area contributed by atoms with Crippen LogP contribution in [0.5, 0.6) is 5.75 Å². The van der Waals surface area contributed by atoms with E-state index in [4.69, 9.17) is 32.7 Å². The van der Waals surface area contributed by atoms with Gasteiger partial charge in [-0.1, -0.05) is 23.7 Å². The van der Waals surface area contributed by atoms with Crippen molar-refractivity contribution in [1.82, 2.24) is 10.3 Å². The minimum atomic E-state index is -0.434. The fraction of sp³-hybridized carbons (Fsp3) is 0.0357. The number of para-hydroxylation sites is 2. The van der Waals surface area contributed by atoms with Gasteiger partial charge in [-0.05, 0) is 91.4 Å².